The summed E-state index contributed by atoms with van der Waals surface area (Å²) in [4.78, 5) is 1.34. The highest BCUT2D eigenvalue weighted by Gasteiger charge is 2.17. The summed E-state index contributed by atoms with van der Waals surface area (Å²) >= 11 is 8.26. The van der Waals surface area contributed by atoms with Crippen LogP contribution in [0.25, 0.3) is 0 Å². The number of benzene rings is 1. The van der Waals surface area contributed by atoms with Crippen LogP contribution in [-0.4, -0.2) is 15.0 Å². The van der Waals surface area contributed by atoms with Gasteiger partial charge in [0.25, 0.3) is 0 Å². The molecule has 21 heavy (non-hydrogen) atoms. The van der Waals surface area contributed by atoms with E-state index >= 15 is 0 Å². The first-order valence-electron chi connectivity index (χ1n) is 6.15. The number of nitrogens with one attached hydrogen (secondary N) is 1. The van der Waals surface area contributed by atoms with E-state index in [4.69, 9.17) is 5.73 Å². The van der Waals surface area contributed by atoms with E-state index in [1.165, 1.54) is 0 Å². The predicted octanol–water partition coefficient (Wildman–Crippen LogP) is 3.25. The Bertz CT molecular complexity index is 730. The van der Waals surface area contributed by atoms with Gasteiger partial charge in [-0.25, -0.2) is 13.1 Å². The smallest absolute Gasteiger partial charge is 0.241 e. The zero-order valence-electron chi connectivity index (χ0n) is 11.0. The lowest BCUT2D eigenvalue weighted by atomic mass is 10.2. The number of thiophene rings is 1. The third kappa shape index (κ3) is 4.61. The fraction of sp³-hybridized carbons (Fsp3) is 0.231. The second-order valence-electron chi connectivity index (χ2n) is 4.32. The van der Waals surface area contributed by atoms with Gasteiger partial charge in [-0.3, -0.25) is 0 Å². The predicted molar refractivity (Wildman–Crippen MR) is 92.9 cm³/mol. The summed E-state index contributed by atoms with van der Waals surface area (Å²) in [6.07, 6.45) is 0.656. The molecule has 0 fully saturated rings. The number of nitrogens with two attached hydrogens (primary N) is 1. The Morgan fingerprint density at radius 3 is 2.57 bits per heavy atom. The Kier molecular flexibility index (Phi) is 5.98. The molecule has 1 aromatic heterocycles. The summed E-state index contributed by atoms with van der Waals surface area (Å²) in [7, 11) is -3.55. The van der Waals surface area contributed by atoms with Crippen LogP contribution >= 0.6 is 43.2 Å². The van der Waals surface area contributed by atoms with E-state index in [1.807, 2.05) is 12.1 Å². The molecule has 8 heteroatoms. The van der Waals surface area contributed by atoms with Gasteiger partial charge < -0.3 is 5.73 Å². The van der Waals surface area contributed by atoms with E-state index in [2.05, 4.69) is 36.6 Å². The molecule has 0 spiro atoms. The highest BCUT2D eigenvalue weighted by Crippen LogP contribution is 2.24. The van der Waals surface area contributed by atoms with Crippen LogP contribution in [0.1, 0.15) is 10.4 Å². The SMILES string of the molecule is NCc1ccc(Br)c(S(=O)(=O)NCCc2ccc(Br)s2)c1. The van der Waals surface area contributed by atoms with Crippen molar-refractivity contribution in [3.63, 3.8) is 0 Å². The van der Waals surface area contributed by atoms with Crippen molar-refractivity contribution in [3.05, 3.63) is 49.0 Å². The molecule has 114 valence electrons. The number of rotatable bonds is 6. The summed E-state index contributed by atoms with van der Waals surface area (Å²) < 4.78 is 28.8. The molecule has 0 saturated heterocycles. The monoisotopic (exact) mass is 452 g/mol. The van der Waals surface area contributed by atoms with E-state index in [0.717, 1.165) is 14.2 Å². The van der Waals surface area contributed by atoms with E-state index in [1.54, 1.807) is 29.5 Å². The fourth-order valence-corrected chi connectivity index (χ4v) is 5.28. The van der Waals surface area contributed by atoms with Crippen LogP contribution in [0, 0.1) is 0 Å². The summed E-state index contributed by atoms with van der Waals surface area (Å²) in [5.74, 6) is 0. The molecular weight excluding hydrogens is 440 g/mol. The van der Waals surface area contributed by atoms with E-state index in [-0.39, 0.29) is 4.90 Å². The van der Waals surface area contributed by atoms with Gasteiger partial charge in [-0.2, -0.15) is 0 Å². The first kappa shape index (κ1) is 17.1. The zero-order valence-corrected chi connectivity index (χ0v) is 15.8. The van der Waals surface area contributed by atoms with Gasteiger partial charge in [-0.15, -0.1) is 11.3 Å². The minimum absolute atomic E-state index is 0.220. The largest absolute Gasteiger partial charge is 0.326 e. The van der Waals surface area contributed by atoms with Gasteiger partial charge in [-0.1, -0.05) is 6.07 Å². The number of hydrogen-bond acceptors (Lipinski definition) is 4. The molecule has 0 bridgehead atoms. The molecule has 1 aromatic carbocycles. The molecule has 2 rings (SSSR count). The van der Waals surface area contributed by atoms with E-state index in [9.17, 15) is 8.42 Å². The standard InChI is InChI=1S/C13H14Br2N2O2S2/c14-11-3-1-9(8-16)7-12(11)21(18,19)17-6-5-10-2-4-13(15)20-10/h1-4,7,17H,5-6,8,16H2. The lowest BCUT2D eigenvalue weighted by molar-refractivity contribution is 0.581. The van der Waals surface area contributed by atoms with Crippen molar-refractivity contribution >= 4 is 53.2 Å². The maximum Gasteiger partial charge on any atom is 0.241 e. The minimum atomic E-state index is -3.55. The van der Waals surface area contributed by atoms with Crippen LogP contribution in [0.4, 0.5) is 0 Å². The molecule has 0 amide bonds. The van der Waals surface area contributed by atoms with Crippen molar-refractivity contribution in [2.24, 2.45) is 5.73 Å². The third-order valence-corrected chi connectivity index (χ3v) is 6.95. The maximum absolute atomic E-state index is 12.3. The zero-order chi connectivity index (χ0) is 15.5. The summed E-state index contributed by atoms with van der Waals surface area (Å²) in [6.45, 7) is 0.660. The Balaban J connectivity index is 2.07. The Morgan fingerprint density at radius 1 is 1.19 bits per heavy atom. The second kappa shape index (κ2) is 7.34. The molecule has 0 saturated carbocycles. The summed E-state index contributed by atoms with van der Waals surface area (Å²) in [6, 6.07) is 9.03. The molecule has 0 atom stereocenters. The normalized spacial score (nSPS) is 11.8. The average Bonchev–Trinajstić information content (AvgIpc) is 2.84. The van der Waals surface area contributed by atoms with Crippen molar-refractivity contribution in [2.75, 3.05) is 6.54 Å². The lowest BCUT2D eigenvalue weighted by Crippen LogP contribution is -2.26. The van der Waals surface area contributed by atoms with Crippen LogP contribution in [0.15, 0.2) is 43.5 Å². The second-order valence-corrected chi connectivity index (χ2v) is 9.46. The topological polar surface area (TPSA) is 72.2 Å². The Morgan fingerprint density at radius 2 is 1.95 bits per heavy atom. The third-order valence-electron chi connectivity index (χ3n) is 2.81. The van der Waals surface area contributed by atoms with Crippen LogP contribution in [0.2, 0.25) is 0 Å². The molecule has 3 N–H and O–H groups in total. The molecule has 2 aromatic rings. The van der Waals surface area contributed by atoms with Gasteiger partial charge in [-0.05, 0) is 68.1 Å². The quantitative estimate of drug-likeness (QED) is 0.704. The highest BCUT2D eigenvalue weighted by atomic mass is 79.9. The van der Waals surface area contributed by atoms with Crippen LogP contribution in [0.3, 0.4) is 0 Å². The van der Waals surface area contributed by atoms with Crippen molar-refractivity contribution < 1.29 is 8.42 Å². The fourth-order valence-electron chi connectivity index (χ4n) is 1.75. The van der Waals surface area contributed by atoms with Gasteiger partial charge in [0.15, 0.2) is 0 Å². The van der Waals surface area contributed by atoms with E-state index in [0.29, 0.717) is 24.0 Å². The van der Waals surface area contributed by atoms with Crippen molar-refractivity contribution in [1.29, 1.82) is 0 Å². The molecule has 0 aliphatic carbocycles. The molecular formula is C13H14Br2N2O2S2. The first-order valence-corrected chi connectivity index (χ1v) is 10.0. The van der Waals surface area contributed by atoms with Crippen molar-refractivity contribution in [2.45, 2.75) is 17.9 Å². The van der Waals surface area contributed by atoms with Crippen LogP contribution in [0.5, 0.6) is 0 Å². The highest BCUT2D eigenvalue weighted by molar-refractivity contribution is 9.11. The van der Waals surface area contributed by atoms with Crippen molar-refractivity contribution in [3.8, 4) is 0 Å². The number of hydrogen-bond donors (Lipinski definition) is 2. The maximum atomic E-state index is 12.3. The average molecular weight is 454 g/mol. The first-order chi connectivity index (χ1) is 9.92. The van der Waals surface area contributed by atoms with Crippen molar-refractivity contribution in [1.82, 2.24) is 4.72 Å². The molecule has 4 nitrogen and oxygen atoms in total. The van der Waals surface area contributed by atoms with Gasteiger partial charge in [0.1, 0.15) is 0 Å². The molecule has 0 unspecified atom stereocenters. The lowest BCUT2D eigenvalue weighted by Gasteiger charge is -2.09. The van der Waals surface area contributed by atoms with E-state index < -0.39 is 10.0 Å². The summed E-state index contributed by atoms with van der Waals surface area (Å²) in [5, 5.41) is 0. The molecule has 1 heterocycles. The van der Waals surface area contributed by atoms with Gasteiger partial charge in [0, 0.05) is 22.4 Å². The molecule has 0 aliphatic heterocycles. The van der Waals surface area contributed by atoms with Gasteiger partial charge in [0.05, 0.1) is 8.68 Å². The minimum Gasteiger partial charge on any atom is -0.326 e. The number of halogens is 2. The number of sulfonamides is 1. The Hall–Kier alpha value is -0.250. The van der Waals surface area contributed by atoms with Gasteiger partial charge in [0.2, 0.25) is 10.0 Å². The van der Waals surface area contributed by atoms with Gasteiger partial charge >= 0.3 is 0 Å². The molecule has 0 aliphatic rings. The molecule has 0 radical (unpaired) electrons. The van der Waals surface area contributed by atoms with Crippen LogP contribution in [-0.2, 0) is 23.0 Å². The summed E-state index contributed by atoms with van der Waals surface area (Å²) in [5.41, 5.74) is 6.34. The Labute approximate surface area is 145 Å². The van der Waals surface area contributed by atoms with Crippen LogP contribution < -0.4 is 10.5 Å².